The van der Waals surface area contributed by atoms with Gasteiger partial charge >= 0.3 is 5.97 Å². The number of halogens is 3. The van der Waals surface area contributed by atoms with E-state index >= 15 is 0 Å². The third kappa shape index (κ3) is 3.58. The van der Waals surface area contributed by atoms with Crippen molar-refractivity contribution in [2.75, 3.05) is 5.73 Å². The molecule has 2 aromatic carbocycles. The van der Waals surface area contributed by atoms with Crippen molar-refractivity contribution < 1.29 is 18.3 Å². The molecule has 0 spiro atoms. The fourth-order valence-corrected chi connectivity index (χ4v) is 2.25. The maximum atomic E-state index is 13.5. The van der Waals surface area contributed by atoms with Crippen LogP contribution in [-0.4, -0.2) is 5.97 Å². The monoisotopic (exact) mass is 355 g/mol. The van der Waals surface area contributed by atoms with Crippen molar-refractivity contribution >= 4 is 27.6 Å². The summed E-state index contributed by atoms with van der Waals surface area (Å²) in [5.74, 6) is -2.06. The van der Waals surface area contributed by atoms with Gasteiger partial charge in [-0.2, -0.15) is 0 Å². The number of carbonyl (C=O) groups is 1. The van der Waals surface area contributed by atoms with Crippen LogP contribution in [0.15, 0.2) is 34.8 Å². The van der Waals surface area contributed by atoms with Crippen LogP contribution in [0.1, 0.15) is 21.5 Å². The topological polar surface area (TPSA) is 52.3 Å². The SMILES string of the molecule is Cc1c(N)cc(Br)cc1C(=O)OCc1ccc(F)cc1F. The Hall–Kier alpha value is -1.95. The first-order chi connectivity index (χ1) is 9.88. The quantitative estimate of drug-likeness (QED) is 0.669. The van der Waals surface area contributed by atoms with E-state index in [-0.39, 0.29) is 12.2 Å². The molecule has 0 saturated carbocycles. The van der Waals surface area contributed by atoms with Crippen LogP contribution in [0.4, 0.5) is 14.5 Å². The van der Waals surface area contributed by atoms with Gasteiger partial charge in [-0.15, -0.1) is 0 Å². The van der Waals surface area contributed by atoms with E-state index in [1.807, 2.05) is 0 Å². The molecule has 0 aliphatic rings. The molecule has 0 aliphatic heterocycles. The van der Waals surface area contributed by atoms with Crippen molar-refractivity contribution in [1.82, 2.24) is 0 Å². The largest absolute Gasteiger partial charge is 0.457 e. The molecule has 0 unspecified atom stereocenters. The molecule has 0 atom stereocenters. The Morgan fingerprint density at radius 2 is 2.00 bits per heavy atom. The van der Waals surface area contributed by atoms with Gasteiger partial charge in [0.15, 0.2) is 0 Å². The van der Waals surface area contributed by atoms with E-state index < -0.39 is 17.6 Å². The highest BCUT2D eigenvalue weighted by atomic mass is 79.9. The second-order valence-electron chi connectivity index (χ2n) is 4.48. The van der Waals surface area contributed by atoms with Gasteiger partial charge in [-0.05, 0) is 36.8 Å². The molecule has 0 aromatic heterocycles. The highest BCUT2D eigenvalue weighted by Crippen LogP contribution is 2.23. The van der Waals surface area contributed by atoms with Crippen LogP contribution in [0.5, 0.6) is 0 Å². The summed E-state index contributed by atoms with van der Waals surface area (Å²) in [5.41, 5.74) is 7.20. The Labute approximate surface area is 128 Å². The maximum absolute atomic E-state index is 13.5. The van der Waals surface area contributed by atoms with Gasteiger partial charge in [-0.25, -0.2) is 13.6 Å². The standard InChI is InChI=1S/C15H12BrF2NO2/c1-8-12(4-10(16)5-14(8)19)15(20)21-7-9-2-3-11(17)6-13(9)18/h2-6H,7,19H2,1H3. The molecule has 0 heterocycles. The number of ether oxygens (including phenoxy) is 1. The number of nitrogen functional groups attached to an aromatic ring is 1. The zero-order chi connectivity index (χ0) is 15.6. The van der Waals surface area contributed by atoms with Crippen molar-refractivity contribution in [2.24, 2.45) is 0 Å². The smallest absolute Gasteiger partial charge is 0.338 e. The Kier molecular flexibility index (Phi) is 4.57. The normalized spacial score (nSPS) is 10.5. The van der Waals surface area contributed by atoms with Crippen LogP contribution in [0.25, 0.3) is 0 Å². The minimum Gasteiger partial charge on any atom is -0.457 e. The first-order valence-electron chi connectivity index (χ1n) is 6.05. The van der Waals surface area contributed by atoms with E-state index in [2.05, 4.69) is 15.9 Å². The van der Waals surface area contributed by atoms with Crippen molar-refractivity contribution in [3.05, 3.63) is 63.1 Å². The molecule has 0 amide bonds. The molecule has 0 fully saturated rings. The maximum Gasteiger partial charge on any atom is 0.338 e. The van der Waals surface area contributed by atoms with Crippen molar-refractivity contribution in [1.29, 1.82) is 0 Å². The summed E-state index contributed by atoms with van der Waals surface area (Å²) in [5, 5.41) is 0. The molecule has 2 N–H and O–H groups in total. The Bertz CT molecular complexity index is 704. The average Bonchev–Trinajstić information content (AvgIpc) is 2.41. The summed E-state index contributed by atoms with van der Waals surface area (Å²) >= 11 is 3.24. The van der Waals surface area contributed by atoms with Gasteiger partial charge in [0.2, 0.25) is 0 Å². The zero-order valence-electron chi connectivity index (χ0n) is 11.1. The Morgan fingerprint density at radius 1 is 1.29 bits per heavy atom. The highest BCUT2D eigenvalue weighted by Gasteiger charge is 2.15. The van der Waals surface area contributed by atoms with Crippen molar-refractivity contribution in [3.8, 4) is 0 Å². The number of esters is 1. The Balaban J connectivity index is 2.15. The average molecular weight is 356 g/mol. The number of benzene rings is 2. The molecular formula is C15H12BrF2NO2. The highest BCUT2D eigenvalue weighted by molar-refractivity contribution is 9.10. The lowest BCUT2D eigenvalue weighted by molar-refractivity contribution is 0.0468. The third-order valence-corrected chi connectivity index (χ3v) is 3.46. The van der Waals surface area contributed by atoms with Gasteiger partial charge in [0.05, 0.1) is 5.56 Å². The van der Waals surface area contributed by atoms with E-state index in [0.717, 1.165) is 12.1 Å². The van der Waals surface area contributed by atoms with Gasteiger partial charge in [0, 0.05) is 21.8 Å². The lowest BCUT2D eigenvalue weighted by Crippen LogP contribution is -2.09. The first kappa shape index (κ1) is 15.4. The van der Waals surface area contributed by atoms with Gasteiger partial charge < -0.3 is 10.5 Å². The number of nitrogens with two attached hydrogens (primary N) is 1. The number of hydrogen-bond donors (Lipinski definition) is 1. The minimum atomic E-state index is -0.756. The van der Waals surface area contributed by atoms with Crippen LogP contribution < -0.4 is 5.73 Å². The van der Waals surface area contributed by atoms with E-state index in [1.165, 1.54) is 6.07 Å². The van der Waals surface area contributed by atoms with E-state index in [0.29, 0.717) is 21.3 Å². The first-order valence-corrected chi connectivity index (χ1v) is 6.84. The molecule has 0 aliphatic carbocycles. The van der Waals surface area contributed by atoms with E-state index in [4.69, 9.17) is 10.5 Å². The lowest BCUT2D eigenvalue weighted by Gasteiger charge is -2.10. The van der Waals surface area contributed by atoms with Gasteiger partial charge in [0.25, 0.3) is 0 Å². The van der Waals surface area contributed by atoms with Crippen LogP contribution in [-0.2, 0) is 11.3 Å². The number of hydrogen-bond acceptors (Lipinski definition) is 3. The molecular weight excluding hydrogens is 344 g/mol. The lowest BCUT2D eigenvalue weighted by atomic mass is 10.1. The predicted molar refractivity (Wildman–Crippen MR) is 78.8 cm³/mol. The molecule has 2 aromatic rings. The second kappa shape index (κ2) is 6.22. The molecule has 110 valence electrons. The van der Waals surface area contributed by atoms with Crippen LogP contribution in [0, 0.1) is 18.6 Å². The summed E-state index contributed by atoms with van der Waals surface area (Å²) in [6.07, 6.45) is 0. The molecule has 0 saturated heterocycles. The van der Waals surface area contributed by atoms with Crippen molar-refractivity contribution in [3.63, 3.8) is 0 Å². The fourth-order valence-electron chi connectivity index (χ4n) is 1.77. The summed E-state index contributed by atoms with van der Waals surface area (Å²) in [4.78, 5) is 12.0. The van der Waals surface area contributed by atoms with E-state index in [9.17, 15) is 13.6 Å². The predicted octanol–water partition coefficient (Wildman–Crippen LogP) is 3.97. The van der Waals surface area contributed by atoms with Gasteiger partial charge in [0.1, 0.15) is 18.2 Å². The summed E-state index contributed by atoms with van der Waals surface area (Å²) in [6, 6.07) is 6.33. The summed E-state index contributed by atoms with van der Waals surface area (Å²) in [7, 11) is 0. The fraction of sp³-hybridized carbons (Fsp3) is 0.133. The van der Waals surface area contributed by atoms with E-state index in [1.54, 1.807) is 19.1 Å². The van der Waals surface area contributed by atoms with Crippen LogP contribution in [0.3, 0.4) is 0 Å². The number of rotatable bonds is 3. The minimum absolute atomic E-state index is 0.102. The molecule has 0 radical (unpaired) electrons. The number of anilines is 1. The van der Waals surface area contributed by atoms with Crippen LogP contribution in [0.2, 0.25) is 0 Å². The second-order valence-corrected chi connectivity index (χ2v) is 5.40. The number of carbonyl (C=O) groups excluding carboxylic acids is 1. The zero-order valence-corrected chi connectivity index (χ0v) is 12.7. The molecule has 3 nitrogen and oxygen atoms in total. The summed E-state index contributed by atoms with van der Waals surface area (Å²) in [6.45, 7) is 1.41. The van der Waals surface area contributed by atoms with Crippen LogP contribution >= 0.6 is 15.9 Å². The molecule has 0 bridgehead atoms. The molecule has 2 rings (SSSR count). The third-order valence-electron chi connectivity index (χ3n) is 3.01. The van der Waals surface area contributed by atoms with Crippen molar-refractivity contribution in [2.45, 2.75) is 13.5 Å². The molecule has 6 heteroatoms. The van der Waals surface area contributed by atoms with Gasteiger partial charge in [-0.3, -0.25) is 0 Å². The molecule has 21 heavy (non-hydrogen) atoms. The van der Waals surface area contributed by atoms with Gasteiger partial charge in [-0.1, -0.05) is 15.9 Å². The Morgan fingerprint density at radius 3 is 2.67 bits per heavy atom. The summed E-state index contributed by atoms with van der Waals surface area (Å²) < 4.78 is 31.9.